The molecule has 0 saturated carbocycles. The van der Waals surface area contributed by atoms with Gasteiger partial charge in [-0.25, -0.2) is 9.37 Å². The molecule has 0 unspecified atom stereocenters. The molecule has 5 nitrogen and oxygen atoms in total. The molecule has 0 radical (unpaired) electrons. The van der Waals surface area contributed by atoms with Gasteiger partial charge in [0.2, 0.25) is 5.82 Å². The summed E-state index contributed by atoms with van der Waals surface area (Å²) in [7, 11) is 0. The first kappa shape index (κ1) is 10.6. The van der Waals surface area contributed by atoms with Crippen molar-refractivity contribution in [2.45, 2.75) is 6.92 Å². The fourth-order valence-corrected chi connectivity index (χ4v) is 1.50. The van der Waals surface area contributed by atoms with Crippen molar-refractivity contribution in [3.05, 3.63) is 42.2 Å². The van der Waals surface area contributed by atoms with E-state index in [1.165, 1.54) is 18.4 Å². The van der Waals surface area contributed by atoms with Crippen molar-refractivity contribution in [1.82, 2.24) is 15.1 Å². The molecule has 18 heavy (non-hydrogen) atoms. The number of halogens is 1. The molecular formula is C12H8FN3O2. The molecule has 3 aromatic rings. The predicted octanol–water partition coefficient (Wildman–Crippen LogP) is 2.84. The van der Waals surface area contributed by atoms with Crippen molar-refractivity contribution < 1.29 is 13.3 Å². The third-order valence-corrected chi connectivity index (χ3v) is 2.37. The fraction of sp³-hybridized carbons (Fsp3) is 0.0833. The van der Waals surface area contributed by atoms with Crippen LogP contribution in [0.4, 0.5) is 4.39 Å². The van der Waals surface area contributed by atoms with E-state index in [1.807, 2.05) is 0 Å². The Morgan fingerprint density at radius 2 is 1.89 bits per heavy atom. The van der Waals surface area contributed by atoms with Crippen LogP contribution in [0.5, 0.6) is 0 Å². The van der Waals surface area contributed by atoms with Crippen LogP contribution in [0.2, 0.25) is 0 Å². The van der Waals surface area contributed by atoms with Crippen LogP contribution >= 0.6 is 0 Å². The van der Waals surface area contributed by atoms with Crippen molar-refractivity contribution in [3.8, 4) is 23.0 Å². The molecule has 0 fully saturated rings. The standard InChI is InChI=1S/C12H8FN3O2/c1-7-14-10(6-17-7)11-15-12(18-16-11)8-2-4-9(13)5-3-8/h2-6H,1H3. The minimum atomic E-state index is -0.314. The van der Waals surface area contributed by atoms with Gasteiger partial charge in [-0.2, -0.15) is 4.98 Å². The van der Waals surface area contributed by atoms with E-state index in [9.17, 15) is 4.39 Å². The van der Waals surface area contributed by atoms with Crippen molar-refractivity contribution >= 4 is 0 Å². The normalized spacial score (nSPS) is 10.8. The zero-order valence-electron chi connectivity index (χ0n) is 9.42. The number of hydrogen-bond acceptors (Lipinski definition) is 5. The Hall–Kier alpha value is -2.50. The van der Waals surface area contributed by atoms with Crippen LogP contribution in [0.3, 0.4) is 0 Å². The number of nitrogens with zero attached hydrogens (tertiary/aromatic N) is 3. The summed E-state index contributed by atoms with van der Waals surface area (Å²) in [6, 6.07) is 5.81. The smallest absolute Gasteiger partial charge is 0.258 e. The average Bonchev–Trinajstić information content (AvgIpc) is 2.98. The van der Waals surface area contributed by atoms with Crippen LogP contribution < -0.4 is 0 Å². The molecule has 0 aliphatic carbocycles. The van der Waals surface area contributed by atoms with Crippen LogP contribution in [0, 0.1) is 12.7 Å². The summed E-state index contributed by atoms with van der Waals surface area (Å²) in [4.78, 5) is 8.26. The molecule has 0 saturated heterocycles. The quantitative estimate of drug-likeness (QED) is 0.694. The molecule has 0 aliphatic heterocycles. The van der Waals surface area contributed by atoms with Gasteiger partial charge in [-0.15, -0.1) is 0 Å². The third kappa shape index (κ3) is 1.88. The Kier molecular flexibility index (Phi) is 2.40. The summed E-state index contributed by atoms with van der Waals surface area (Å²) in [5.74, 6) is 0.862. The highest BCUT2D eigenvalue weighted by atomic mass is 19.1. The molecule has 6 heteroatoms. The molecule has 0 N–H and O–H groups in total. The highest BCUT2D eigenvalue weighted by Crippen LogP contribution is 2.21. The lowest BCUT2D eigenvalue weighted by atomic mass is 10.2. The Balaban J connectivity index is 1.96. The lowest BCUT2D eigenvalue weighted by molar-refractivity contribution is 0.432. The summed E-state index contributed by atoms with van der Waals surface area (Å²) in [5, 5.41) is 3.80. The van der Waals surface area contributed by atoms with Crippen LogP contribution in [0.25, 0.3) is 23.0 Å². The Bertz CT molecular complexity index is 673. The van der Waals surface area contributed by atoms with E-state index in [4.69, 9.17) is 8.94 Å². The summed E-state index contributed by atoms with van der Waals surface area (Å²) < 4.78 is 22.9. The molecular weight excluding hydrogens is 237 g/mol. The molecule has 3 rings (SSSR count). The van der Waals surface area contributed by atoms with E-state index in [1.54, 1.807) is 19.1 Å². The van der Waals surface area contributed by atoms with Gasteiger partial charge in [-0.1, -0.05) is 5.16 Å². The highest BCUT2D eigenvalue weighted by molar-refractivity contribution is 5.56. The lowest BCUT2D eigenvalue weighted by Gasteiger charge is -1.92. The van der Waals surface area contributed by atoms with Gasteiger partial charge in [0.1, 0.15) is 17.8 Å². The van der Waals surface area contributed by atoms with Gasteiger partial charge in [-0.05, 0) is 24.3 Å². The van der Waals surface area contributed by atoms with Crippen molar-refractivity contribution in [3.63, 3.8) is 0 Å². The molecule has 0 aliphatic rings. The predicted molar refractivity (Wildman–Crippen MR) is 59.9 cm³/mol. The van der Waals surface area contributed by atoms with Gasteiger partial charge in [0.05, 0.1) is 0 Å². The zero-order valence-corrected chi connectivity index (χ0v) is 9.42. The molecule has 0 amide bonds. The van der Waals surface area contributed by atoms with Gasteiger partial charge in [0.15, 0.2) is 5.89 Å². The molecule has 2 aromatic heterocycles. The molecule has 0 atom stereocenters. The molecule has 1 aromatic carbocycles. The number of benzene rings is 1. The van der Waals surface area contributed by atoms with Gasteiger partial charge in [0, 0.05) is 12.5 Å². The second-order valence-electron chi connectivity index (χ2n) is 3.68. The van der Waals surface area contributed by atoms with Crippen molar-refractivity contribution in [2.75, 3.05) is 0 Å². The molecule has 2 heterocycles. The van der Waals surface area contributed by atoms with Gasteiger partial charge < -0.3 is 8.94 Å². The second-order valence-corrected chi connectivity index (χ2v) is 3.68. The Morgan fingerprint density at radius 1 is 1.11 bits per heavy atom. The third-order valence-electron chi connectivity index (χ3n) is 2.37. The summed E-state index contributed by atoms with van der Waals surface area (Å²) in [6.45, 7) is 1.73. The van der Waals surface area contributed by atoms with Crippen molar-refractivity contribution in [2.24, 2.45) is 0 Å². The number of hydrogen-bond donors (Lipinski definition) is 0. The zero-order chi connectivity index (χ0) is 12.5. The van der Waals surface area contributed by atoms with E-state index in [0.29, 0.717) is 28.9 Å². The first-order chi connectivity index (χ1) is 8.72. The molecule has 90 valence electrons. The SMILES string of the molecule is Cc1nc(-c2noc(-c3ccc(F)cc3)n2)co1. The lowest BCUT2D eigenvalue weighted by Crippen LogP contribution is -1.82. The van der Waals surface area contributed by atoms with E-state index in [0.717, 1.165) is 0 Å². The Morgan fingerprint density at radius 3 is 2.56 bits per heavy atom. The maximum Gasteiger partial charge on any atom is 0.258 e. The van der Waals surface area contributed by atoms with Crippen LogP contribution in [-0.2, 0) is 0 Å². The number of aromatic nitrogens is 3. The maximum atomic E-state index is 12.8. The van der Waals surface area contributed by atoms with Gasteiger partial charge in [0.25, 0.3) is 5.89 Å². The van der Waals surface area contributed by atoms with E-state index < -0.39 is 0 Å². The van der Waals surface area contributed by atoms with E-state index >= 15 is 0 Å². The van der Waals surface area contributed by atoms with E-state index in [2.05, 4.69) is 15.1 Å². The molecule has 0 spiro atoms. The second kappa shape index (κ2) is 4.06. The summed E-state index contributed by atoms with van der Waals surface area (Å²) >= 11 is 0. The number of rotatable bonds is 2. The first-order valence-corrected chi connectivity index (χ1v) is 5.24. The number of aryl methyl sites for hydroxylation is 1. The van der Waals surface area contributed by atoms with Crippen LogP contribution in [0.15, 0.2) is 39.5 Å². The maximum absolute atomic E-state index is 12.8. The largest absolute Gasteiger partial charge is 0.449 e. The number of oxazole rings is 1. The highest BCUT2D eigenvalue weighted by Gasteiger charge is 2.13. The van der Waals surface area contributed by atoms with Gasteiger partial charge in [-0.3, -0.25) is 0 Å². The summed E-state index contributed by atoms with van der Waals surface area (Å²) in [5.41, 5.74) is 1.15. The van der Waals surface area contributed by atoms with Crippen molar-refractivity contribution in [1.29, 1.82) is 0 Å². The van der Waals surface area contributed by atoms with Crippen LogP contribution in [0.1, 0.15) is 5.89 Å². The van der Waals surface area contributed by atoms with E-state index in [-0.39, 0.29) is 5.82 Å². The van der Waals surface area contributed by atoms with Crippen LogP contribution in [-0.4, -0.2) is 15.1 Å². The Labute approximate surface area is 101 Å². The summed E-state index contributed by atoms with van der Waals surface area (Å²) in [6.07, 6.45) is 1.45. The monoisotopic (exact) mass is 245 g/mol. The molecule has 0 bridgehead atoms. The minimum Gasteiger partial charge on any atom is -0.449 e. The van der Waals surface area contributed by atoms with Gasteiger partial charge >= 0.3 is 0 Å². The fourth-order valence-electron chi connectivity index (χ4n) is 1.50. The topological polar surface area (TPSA) is 65.0 Å². The minimum absolute atomic E-state index is 0.311. The first-order valence-electron chi connectivity index (χ1n) is 5.24. The average molecular weight is 245 g/mol.